The number of anilines is 1. The lowest BCUT2D eigenvalue weighted by molar-refractivity contribution is 0.514. The molecule has 0 aromatic heterocycles. The molecular formula is C15H23N. The van der Waals surface area contributed by atoms with Gasteiger partial charge in [-0.1, -0.05) is 52.3 Å². The zero-order valence-corrected chi connectivity index (χ0v) is 10.9. The molecule has 0 fully saturated rings. The molecule has 1 atom stereocenters. The maximum atomic E-state index is 3.64. The third-order valence-corrected chi connectivity index (χ3v) is 3.61. The van der Waals surface area contributed by atoms with Crippen LogP contribution in [-0.2, 0) is 11.8 Å². The molecule has 1 aromatic rings. The van der Waals surface area contributed by atoms with E-state index in [1.54, 1.807) is 0 Å². The summed E-state index contributed by atoms with van der Waals surface area (Å²) in [5, 5.41) is 3.64. The van der Waals surface area contributed by atoms with E-state index in [9.17, 15) is 0 Å². The molecule has 1 N–H and O–H groups in total. The molecule has 0 aliphatic carbocycles. The van der Waals surface area contributed by atoms with Gasteiger partial charge in [0.15, 0.2) is 0 Å². The van der Waals surface area contributed by atoms with E-state index in [1.165, 1.54) is 29.7 Å². The fraction of sp³-hybridized carbons (Fsp3) is 0.600. The van der Waals surface area contributed by atoms with E-state index >= 15 is 0 Å². The van der Waals surface area contributed by atoms with E-state index in [-0.39, 0.29) is 5.41 Å². The number of hydrogen-bond donors (Lipinski definition) is 1. The predicted octanol–water partition coefficient (Wildman–Crippen LogP) is 3.98. The van der Waals surface area contributed by atoms with Crippen LogP contribution in [0.15, 0.2) is 18.2 Å². The van der Waals surface area contributed by atoms with Crippen LogP contribution in [-0.4, -0.2) is 6.54 Å². The molecule has 2 rings (SSSR count). The first-order valence-corrected chi connectivity index (χ1v) is 6.38. The SMILES string of the molecule is CCC1CNc2c(cccc2C(C)(C)C)C1. The lowest BCUT2D eigenvalue weighted by atomic mass is 9.81. The Morgan fingerprint density at radius 1 is 1.31 bits per heavy atom. The molecule has 1 unspecified atom stereocenters. The Balaban J connectivity index is 2.39. The molecule has 0 saturated heterocycles. The third kappa shape index (κ3) is 2.09. The van der Waals surface area contributed by atoms with Gasteiger partial charge >= 0.3 is 0 Å². The summed E-state index contributed by atoms with van der Waals surface area (Å²) in [5.74, 6) is 0.808. The van der Waals surface area contributed by atoms with E-state index in [0.29, 0.717) is 0 Å². The van der Waals surface area contributed by atoms with Gasteiger partial charge in [0.05, 0.1) is 0 Å². The van der Waals surface area contributed by atoms with Crippen LogP contribution in [0.3, 0.4) is 0 Å². The molecule has 0 saturated carbocycles. The number of fused-ring (bicyclic) bond motifs is 1. The number of benzene rings is 1. The van der Waals surface area contributed by atoms with Gasteiger partial charge in [-0.05, 0) is 28.9 Å². The van der Waals surface area contributed by atoms with Gasteiger partial charge in [0, 0.05) is 12.2 Å². The van der Waals surface area contributed by atoms with Crippen LogP contribution in [0.4, 0.5) is 5.69 Å². The lowest BCUT2D eigenvalue weighted by Gasteiger charge is -2.31. The minimum atomic E-state index is 0.234. The molecule has 1 nitrogen and oxygen atoms in total. The van der Waals surface area contributed by atoms with Crippen molar-refractivity contribution in [1.82, 2.24) is 0 Å². The second-order valence-corrected chi connectivity index (χ2v) is 5.95. The Labute approximate surface area is 99.3 Å². The first-order chi connectivity index (χ1) is 7.52. The molecule has 16 heavy (non-hydrogen) atoms. The van der Waals surface area contributed by atoms with E-state index in [0.717, 1.165) is 12.5 Å². The summed E-state index contributed by atoms with van der Waals surface area (Å²) in [5.41, 5.74) is 4.60. The lowest BCUT2D eigenvalue weighted by Crippen LogP contribution is -2.26. The average Bonchev–Trinajstić information content (AvgIpc) is 2.26. The summed E-state index contributed by atoms with van der Waals surface area (Å²) >= 11 is 0. The predicted molar refractivity (Wildman–Crippen MR) is 71.1 cm³/mol. The molecule has 88 valence electrons. The van der Waals surface area contributed by atoms with Crippen molar-refractivity contribution in [2.75, 3.05) is 11.9 Å². The average molecular weight is 217 g/mol. The normalized spacial score (nSPS) is 20.1. The van der Waals surface area contributed by atoms with Gasteiger partial charge in [-0.25, -0.2) is 0 Å². The largest absolute Gasteiger partial charge is 0.384 e. The Kier molecular flexibility index (Phi) is 2.96. The van der Waals surface area contributed by atoms with Crippen molar-refractivity contribution in [3.05, 3.63) is 29.3 Å². The number of hydrogen-bond acceptors (Lipinski definition) is 1. The van der Waals surface area contributed by atoms with Gasteiger partial charge < -0.3 is 5.32 Å². The molecule has 1 aliphatic heterocycles. The van der Waals surface area contributed by atoms with Crippen LogP contribution in [0.25, 0.3) is 0 Å². The standard InChI is InChI=1S/C15H23N/c1-5-11-9-12-7-6-8-13(15(2,3)4)14(12)16-10-11/h6-8,11,16H,5,9-10H2,1-4H3. The smallest absolute Gasteiger partial charge is 0.0410 e. The third-order valence-electron chi connectivity index (χ3n) is 3.61. The number of nitrogens with one attached hydrogen (secondary N) is 1. The topological polar surface area (TPSA) is 12.0 Å². The summed E-state index contributed by atoms with van der Waals surface area (Å²) in [6.45, 7) is 10.3. The van der Waals surface area contributed by atoms with E-state index in [1.807, 2.05) is 0 Å². The van der Waals surface area contributed by atoms with Crippen molar-refractivity contribution in [2.45, 2.75) is 46.0 Å². The summed E-state index contributed by atoms with van der Waals surface area (Å²) in [7, 11) is 0. The van der Waals surface area contributed by atoms with E-state index < -0.39 is 0 Å². The Bertz CT molecular complexity index is 374. The zero-order valence-electron chi connectivity index (χ0n) is 10.9. The fourth-order valence-corrected chi connectivity index (χ4v) is 2.52. The van der Waals surface area contributed by atoms with Gasteiger partial charge in [0.1, 0.15) is 0 Å². The minimum Gasteiger partial charge on any atom is -0.384 e. The highest BCUT2D eigenvalue weighted by molar-refractivity contribution is 5.61. The highest BCUT2D eigenvalue weighted by Crippen LogP contribution is 2.35. The molecule has 0 spiro atoms. The summed E-state index contributed by atoms with van der Waals surface area (Å²) in [6, 6.07) is 6.75. The molecule has 0 radical (unpaired) electrons. The quantitative estimate of drug-likeness (QED) is 0.750. The van der Waals surface area contributed by atoms with Gasteiger partial charge in [-0.3, -0.25) is 0 Å². The summed E-state index contributed by atoms with van der Waals surface area (Å²) in [4.78, 5) is 0. The second-order valence-electron chi connectivity index (χ2n) is 5.95. The van der Waals surface area contributed by atoms with Crippen LogP contribution in [0, 0.1) is 5.92 Å². The van der Waals surface area contributed by atoms with Crippen molar-refractivity contribution in [3.8, 4) is 0 Å². The molecule has 1 aromatic carbocycles. The number of para-hydroxylation sites is 1. The van der Waals surface area contributed by atoms with Crippen LogP contribution in [0.1, 0.15) is 45.2 Å². The first-order valence-electron chi connectivity index (χ1n) is 6.38. The monoisotopic (exact) mass is 217 g/mol. The van der Waals surface area contributed by atoms with Gasteiger partial charge in [0.25, 0.3) is 0 Å². The highest BCUT2D eigenvalue weighted by Gasteiger charge is 2.24. The maximum absolute atomic E-state index is 3.64. The molecule has 0 amide bonds. The molecule has 1 aliphatic rings. The van der Waals surface area contributed by atoms with Crippen LogP contribution in [0.5, 0.6) is 0 Å². The van der Waals surface area contributed by atoms with Crippen molar-refractivity contribution < 1.29 is 0 Å². The minimum absolute atomic E-state index is 0.234. The van der Waals surface area contributed by atoms with Gasteiger partial charge in [-0.2, -0.15) is 0 Å². The van der Waals surface area contributed by atoms with Crippen molar-refractivity contribution in [2.24, 2.45) is 5.92 Å². The highest BCUT2D eigenvalue weighted by atomic mass is 14.9. The van der Waals surface area contributed by atoms with Gasteiger partial charge in [-0.15, -0.1) is 0 Å². The molecule has 1 heteroatoms. The summed E-state index contributed by atoms with van der Waals surface area (Å²) < 4.78 is 0. The second kappa shape index (κ2) is 4.12. The summed E-state index contributed by atoms with van der Waals surface area (Å²) in [6.07, 6.45) is 2.51. The van der Waals surface area contributed by atoms with Crippen LogP contribution < -0.4 is 5.32 Å². The fourth-order valence-electron chi connectivity index (χ4n) is 2.52. The molecular weight excluding hydrogens is 194 g/mol. The maximum Gasteiger partial charge on any atom is 0.0410 e. The van der Waals surface area contributed by atoms with E-state index in [2.05, 4.69) is 51.2 Å². The Morgan fingerprint density at radius 2 is 2.06 bits per heavy atom. The van der Waals surface area contributed by atoms with Crippen molar-refractivity contribution in [3.63, 3.8) is 0 Å². The van der Waals surface area contributed by atoms with Crippen molar-refractivity contribution in [1.29, 1.82) is 0 Å². The van der Waals surface area contributed by atoms with E-state index in [4.69, 9.17) is 0 Å². The number of rotatable bonds is 1. The Hall–Kier alpha value is -0.980. The Morgan fingerprint density at radius 3 is 2.69 bits per heavy atom. The van der Waals surface area contributed by atoms with Gasteiger partial charge in [0.2, 0.25) is 0 Å². The van der Waals surface area contributed by atoms with Crippen LogP contribution >= 0.6 is 0 Å². The molecule has 0 bridgehead atoms. The van der Waals surface area contributed by atoms with Crippen molar-refractivity contribution >= 4 is 5.69 Å². The first kappa shape index (κ1) is 11.5. The molecule has 1 heterocycles. The van der Waals surface area contributed by atoms with Crippen LogP contribution in [0.2, 0.25) is 0 Å². The zero-order chi connectivity index (χ0) is 11.8.